The molecule has 138 valence electrons. The van der Waals surface area contributed by atoms with Crippen LogP contribution in [0, 0.1) is 0 Å². The van der Waals surface area contributed by atoms with Crippen LogP contribution in [0.4, 0.5) is 5.82 Å². The molecule has 3 N–H and O–H groups in total. The van der Waals surface area contributed by atoms with E-state index >= 15 is 0 Å². The maximum atomic E-state index is 12.8. The zero-order chi connectivity index (χ0) is 19.5. The second-order valence-electron chi connectivity index (χ2n) is 6.06. The second kappa shape index (κ2) is 7.24. The van der Waals surface area contributed by atoms with E-state index in [1.807, 2.05) is 24.3 Å². The third kappa shape index (κ3) is 3.28. The van der Waals surface area contributed by atoms with Gasteiger partial charge in [-0.05, 0) is 42.0 Å². The fourth-order valence-corrected chi connectivity index (χ4v) is 2.80. The van der Waals surface area contributed by atoms with Gasteiger partial charge < -0.3 is 10.2 Å². The van der Waals surface area contributed by atoms with Crippen molar-refractivity contribution in [2.24, 2.45) is 5.10 Å². The minimum absolute atomic E-state index is 0.201. The Morgan fingerprint density at radius 3 is 2.36 bits per heavy atom. The monoisotopic (exact) mass is 372 g/mol. The van der Waals surface area contributed by atoms with Crippen LogP contribution in [0.25, 0.3) is 16.5 Å². The number of hydrazone groups is 1. The third-order valence-corrected chi connectivity index (χ3v) is 4.19. The van der Waals surface area contributed by atoms with E-state index in [2.05, 4.69) is 15.6 Å². The van der Waals surface area contributed by atoms with Crippen LogP contribution >= 0.6 is 0 Å². The van der Waals surface area contributed by atoms with Gasteiger partial charge in [0.2, 0.25) is 0 Å². The maximum absolute atomic E-state index is 12.8. The topological polar surface area (TPSA) is 99.7 Å². The molecule has 28 heavy (non-hydrogen) atoms. The highest BCUT2D eigenvalue weighted by Gasteiger charge is 2.11. The van der Waals surface area contributed by atoms with Crippen LogP contribution in [0.1, 0.15) is 5.56 Å². The van der Waals surface area contributed by atoms with Crippen molar-refractivity contribution in [2.45, 2.75) is 0 Å². The smallest absolute Gasteiger partial charge is 0.279 e. The molecule has 7 heteroatoms. The quantitative estimate of drug-likeness (QED) is 0.290. The molecule has 0 atom stereocenters. The number of nitrogens with zero attached hydrogens (tertiary/aromatic N) is 3. The van der Waals surface area contributed by atoms with Gasteiger partial charge in [0.25, 0.3) is 5.56 Å². The molecule has 0 aliphatic rings. The summed E-state index contributed by atoms with van der Waals surface area (Å²) < 4.78 is 1.33. The summed E-state index contributed by atoms with van der Waals surface area (Å²) >= 11 is 0. The van der Waals surface area contributed by atoms with Gasteiger partial charge in [-0.2, -0.15) is 9.78 Å². The summed E-state index contributed by atoms with van der Waals surface area (Å²) in [4.78, 5) is 12.8. The molecule has 4 aromatic rings. The third-order valence-electron chi connectivity index (χ3n) is 4.19. The molecular formula is C21H16N4O3. The van der Waals surface area contributed by atoms with Crippen LogP contribution in [0.15, 0.2) is 82.7 Å². The summed E-state index contributed by atoms with van der Waals surface area (Å²) in [6.07, 6.45) is 1.48. The number of hydrogen-bond donors (Lipinski definition) is 3. The van der Waals surface area contributed by atoms with Crippen molar-refractivity contribution in [2.75, 3.05) is 5.43 Å². The van der Waals surface area contributed by atoms with Gasteiger partial charge in [0.15, 0.2) is 17.3 Å². The molecule has 0 amide bonds. The Labute approximate surface area is 159 Å². The zero-order valence-corrected chi connectivity index (χ0v) is 14.6. The van der Waals surface area contributed by atoms with Crippen LogP contribution in [-0.4, -0.2) is 26.2 Å². The minimum Gasteiger partial charge on any atom is -0.504 e. The predicted octanol–water partition coefficient (Wildman–Crippen LogP) is 3.24. The highest BCUT2D eigenvalue weighted by atomic mass is 16.3. The molecule has 0 saturated heterocycles. The lowest BCUT2D eigenvalue weighted by Gasteiger charge is -2.10. The van der Waals surface area contributed by atoms with E-state index < -0.39 is 0 Å². The van der Waals surface area contributed by atoms with E-state index in [0.717, 1.165) is 0 Å². The molecule has 1 heterocycles. The molecule has 0 aliphatic heterocycles. The predicted molar refractivity (Wildman–Crippen MR) is 108 cm³/mol. The van der Waals surface area contributed by atoms with E-state index in [1.54, 1.807) is 36.4 Å². The Morgan fingerprint density at radius 1 is 0.893 bits per heavy atom. The average molecular weight is 372 g/mol. The van der Waals surface area contributed by atoms with Gasteiger partial charge >= 0.3 is 0 Å². The summed E-state index contributed by atoms with van der Waals surface area (Å²) in [6, 6.07) is 20.7. The number of fused-ring (bicyclic) bond motifs is 1. The van der Waals surface area contributed by atoms with E-state index in [9.17, 15) is 15.0 Å². The lowest BCUT2D eigenvalue weighted by atomic mass is 10.2. The van der Waals surface area contributed by atoms with E-state index in [1.165, 1.54) is 23.0 Å². The number of hydrogen-bond acceptors (Lipinski definition) is 6. The van der Waals surface area contributed by atoms with Crippen molar-refractivity contribution in [3.05, 3.63) is 88.7 Å². The van der Waals surface area contributed by atoms with Gasteiger partial charge in [0.1, 0.15) is 0 Å². The number of aromatic hydroxyl groups is 2. The van der Waals surface area contributed by atoms with Crippen molar-refractivity contribution in [3.63, 3.8) is 0 Å². The summed E-state index contributed by atoms with van der Waals surface area (Å²) in [5.74, 6) is -0.0174. The number of anilines is 1. The second-order valence-corrected chi connectivity index (χ2v) is 6.06. The standard InChI is InChI=1S/C21H16N4O3/c26-18-11-10-14(12-19(18)27)13-22-23-20-16-8-4-5-9-17(16)21(28)25(24-20)15-6-2-1-3-7-15/h1-13,26-27H,(H,23,24)/b22-13+. The largest absolute Gasteiger partial charge is 0.504 e. The summed E-state index contributed by atoms with van der Waals surface area (Å²) in [6.45, 7) is 0. The minimum atomic E-state index is -0.231. The number of para-hydroxylation sites is 1. The molecule has 0 bridgehead atoms. The number of rotatable bonds is 4. The van der Waals surface area contributed by atoms with Crippen molar-refractivity contribution in [3.8, 4) is 17.2 Å². The lowest BCUT2D eigenvalue weighted by molar-refractivity contribution is 0.403. The first-order chi connectivity index (χ1) is 13.6. The Balaban J connectivity index is 1.75. The highest BCUT2D eigenvalue weighted by Crippen LogP contribution is 2.24. The van der Waals surface area contributed by atoms with E-state index in [4.69, 9.17) is 0 Å². The van der Waals surface area contributed by atoms with Gasteiger partial charge in [0.05, 0.1) is 17.3 Å². The number of aromatic nitrogens is 2. The van der Waals surface area contributed by atoms with Gasteiger partial charge in [-0.15, -0.1) is 5.10 Å². The first-order valence-electron chi connectivity index (χ1n) is 8.52. The van der Waals surface area contributed by atoms with Gasteiger partial charge in [-0.3, -0.25) is 10.2 Å². The van der Waals surface area contributed by atoms with Crippen LogP contribution in [0.5, 0.6) is 11.5 Å². The molecule has 4 rings (SSSR count). The van der Waals surface area contributed by atoms with E-state index in [0.29, 0.717) is 27.8 Å². The molecule has 1 aromatic heterocycles. The van der Waals surface area contributed by atoms with Crippen molar-refractivity contribution < 1.29 is 10.2 Å². The molecule has 3 aromatic carbocycles. The Morgan fingerprint density at radius 2 is 1.61 bits per heavy atom. The zero-order valence-electron chi connectivity index (χ0n) is 14.6. The van der Waals surface area contributed by atoms with Crippen molar-refractivity contribution in [1.29, 1.82) is 0 Å². The number of benzene rings is 3. The molecule has 0 spiro atoms. The average Bonchev–Trinajstić information content (AvgIpc) is 2.73. The van der Waals surface area contributed by atoms with Crippen LogP contribution in [0.3, 0.4) is 0 Å². The fraction of sp³-hybridized carbons (Fsp3) is 0. The first-order valence-corrected chi connectivity index (χ1v) is 8.52. The maximum Gasteiger partial charge on any atom is 0.279 e. The number of nitrogens with one attached hydrogen (secondary N) is 1. The summed E-state index contributed by atoms with van der Waals surface area (Å²) in [5.41, 5.74) is 3.87. The van der Waals surface area contributed by atoms with Crippen LogP contribution in [-0.2, 0) is 0 Å². The van der Waals surface area contributed by atoms with Crippen molar-refractivity contribution in [1.82, 2.24) is 9.78 Å². The van der Waals surface area contributed by atoms with Gasteiger partial charge in [-0.25, -0.2) is 0 Å². The van der Waals surface area contributed by atoms with Crippen molar-refractivity contribution >= 4 is 22.8 Å². The normalized spacial score (nSPS) is 11.1. The van der Waals surface area contributed by atoms with Gasteiger partial charge in [0, 0.05) is 5.39 Å². The molecule has 7 nitrogen and oxygen atoms in total. The molecular weight excluding hydrogens is 356 g/mol. The first kappa shape index (κ1) is 17.3. The van der Waals surface area contributed by atoms with Gasteiger partial charge in [-0.1, -0.05) is 36.4 Å². The number of phenolic OH excluding ortho intramolecular Hbond substituents is 2. The summed E-state index contributed by atoms with van der Waals surface area (Å²) in [7, 11) is 0. The molecule has 0 radical (unpaired) electrons. The molecule has 0 aliphatic carbocycles. The molecule has 0 fully saturated rings. The molecule has 0 unspecified atom stereocenters. The molecule has 0 saturated carbocycles. The Hall–Kier alpha value is -4.13. The van der Waals surface area contributed by atoms with Crippen LogP contribution < -0.4 is 11.0 Å². The number of phenols is 2. The fourth-order valence-electron chi connectivity index (χ4n) is 2.80. The van der Waals surface area contributed by atoms with E-state index in [-0.39, 0.29) is 17.1 Å². The summed E-state index contributed by atoms with van der Waals surface area (Å²) in [5, 5.41) is 28.7. The van der Waals surface area contributed by atoms with Crippen LogP contribution in [0.2, 0.25) is 0 Å². The lowest BCUT2D eigenvalue weighted by Crippen LogP contribution is -2.22. The SMILES string of the molecule is O=c1c2ccccc2c(N/N=C/c2ccc(O)c(O)c2)nn1-c1ccccc1. The highest BCUT2D eigenvalue weighted by molar-refractivity contribution is 5.91. The Bertz CT molecular complexity index is 1230. The Kier molecular flexibility index (Phi) is 4.47.